The van der Waals surface area contributed by atoms with E-state index in [0.29, 0.717) is 16.1 Å². The molecule has 6 heteroatoms. The molecule has 2 nitrogen and oxygen atoms in total. The molecule has 1 rings (SSSR count). The van der Waals surface area contributed by atoms with Crippen LogP contribution in [0, 0.1) is 13.8 Å². The van der Waals surface area contributed by atoms with Crippen molar-refractivity contribution in [3.05, 3.63) is 27.2 Å². The molecule has 0 saturated heterocycles. The number of hydrogen-bond donors (Lipinski definition) is 0. The Morgan fingerprint density at radius 3 is 2.29 bits per heavy atom. The fourth-order valence-electron chi connectivity index (χ4n) is 1.01. The van der Waals surface area contributed by atoms with E-state index < -0.39 is 11.1 Å². The third kappa shape index (κ3) is 2.95. The maximum absolute atomic E-state index is 10.8. The Hall–Kier alpha value is 0.910. The molecule has 1 unspecified atom stereocenters. The van der Waals surface area contributed by atoms with Crippen molar-refractivity contribution in [3.8, 4) is 0 Å². The Balaban J connectivity index is 0.00000169. The van der Waals surface area contributed by atoms with E-state index in [9.17, 15) is 8.76 Å². The van der Waals surface area contributed by atoms with Gasteiger partial charge in [0.25, 0.3) is 0 Å². The van der Waals surface area contributed by atoms with E-state index >= 15 is 0 Å². The molecule has 14 heavy (non-hydrogen) atoms. The van der Waals surface area contributed by atoms with Gasteiger partial charge in [-0.1, -0.05) is 23.2 Å². The number of hydrogen-bond acceptors (Lipinski definition) is 2. The normalized spacial score (nSPS) is 12.1. The molecular weight excluding hydrogens is 254 g/mol. The average molecular weight is 261 g/mol. The summed E-state index contributed by atoms with van der Waals surface area (Å²) in [7, 11) is 0. The third-order valence-corrected chi connectivity index (χ3v) is 3.59. The van der Waals surface area contributed by atoms with Crippen molar-refractivity contribution < 1.29 is 38.3 Å². The molecule has 0 bridgehead atoms. The van der Waals surface area contributed by atoms with Crippen LogP contribution in [-0.4, -0.2) is 8.76 Å². The molecule has 0 saturated carbocycles. The predicted molar refractivity (Wildman–Crippen MR) is 53.1 cm³/mol. The van der Waals surface area contributed by atoms with Crippen molar-refractivity contribution in [3.63, 3.8) is 0 Å². The van der Waals surface area contributed by atoms with Crippen LogP contribution in [0.2, 0.25) is 10.0 Å². The van der Waals surface area contributed by atoms with Gasteiger partial charge in [-0.25, -0.2) is 0 Å². The van der Waals surface area contributed by atoms with E-state index in [1.54, 1.807) is 19.9 Å². The van der Waals surface area contributed by atoms with Gasteiger partial charge in [0.05, 0.1) is 5.02 Å². The summed E-state index contributed by atoms with van der Waals surface area (Å²) < 4.78 is 21.6. The second-order valence-corrected chi connectivity index (χ2v) is 4.34. The average Bonchev–Trinajstić information content (AvgIpc) is 2.01. The Morgan fingerprint density at radius 2 is 1.86 bits per heavy atom. The van der Waals surface area contributed by atoms with E-state index in [0.717, 1.165) is 0 Å². The van der Waals surface area contributed by atoms with Crippen LogP contribution in [0.25, 0.3) is 0 Å². The first-order chi connectivity index (χ1) is 5.95. The molecular formula is C8H7Cl2NaO2S. The summed E-state index contributed by atoms with van der Waals surface area (Å²) in [6, 6.07) is 1.65. The molecule has 1 aromatic rings. The van der Waals surface area contributed by atoms with Gasteiger partial charge in [0.1, 0.15) is 0 Å². The molecule has 72 valence electrons. The van der Waals surface area contributed by atoms with Crippen LogP contribution < -0.4 is 29.6 Å². The van der Waals surface area contributed by atoms with Gasteiger partial charge in [-0.2, -0.15) is 0 Å². The zero-order valence-corrected chi connectivity index (χ0v) is 12.4. The maximum Gasteiger partial charge on any atom is 1.00 e. The van der Waals surface area contributed by atoms with E-state index in [1.807, 2.05) is 0 Å². The summed E-state index contributed by atoms with van der Waals surface area (Å²) in [5.41, 5.74) is 1.15. The molecule has 0 aliphatic rings. The summed E-state index contributed by atoms with van der Waals surface area (Å²) in [5, 5.41) is 0.663. The van der Waals surface area contributed by atoms with Crippen LogP contribution in [0.1, 0.15) is 11.1 Å². The van der Waals surface area contributed by atoms with E-state index in [2.05, 4.69) is 0 Å². The fraction of sp³-hybridized carbons (Fsp3) is 0.250. The first kappa shape index (κ1) is 14.9. The smallest absolute Gasteiger partial charge is 0.768 e. The van der Waals surface area contributed by atoms with Gasteiger partial charge >= 0.3 is 29.6 Å². The van der Waals surface area contributed by atoms with Crippen molar-refractivity contribution >= 4 is 34.3 Å². The Bertz CT molecular complexity index is 356. The molecule has 1 atom stereocenters. The minimum absolute atomic E-state index is 0. The number of aryl methyl sites for hydroxylation is 1. The van der Waals surface area contributed by atoms with Gasteiger partial charge in [-0.05, 0) is 42.1 Å². The van der Waals surface area contributed by atoms with E-state index in [1.165, 1.54) is 0 Å². The summed E-state index contributed by atoms with van der Waals surface area (Å²) >= 11 is 9.28. The number of rotatable bonds is 1. The van der Waals surface area contributed by atoms with Crippen LogP contribution in [0.3, 0.4) is 0 Å². The van der Waals surface area contributed by atoms with Gasteiger partial charge < -0.3 is 4.55 Å². The summed E-state index contributed by atoms with van der Waals surface area (Å²) in [6.07, 6.45) is 0. The van der Waals surface area contributed by atoms with Crippen LogP contribution in [0.15, 0.2) is 11.0 Å². The zero-order valence-electron chi connectivity index (χ0n) is 8.06. The molecule has 0 aliphatic heterocycles. The Kier molecular flexibility index (Phi) is 6.23. The molecule has 0 N–H and O–H groups in total. The third-order valence-electron chi connectivity index (χ3n) is 1.75. The molecule has 0 heterocycles. The molecule has 0 aliphatic carbocycles. The van der Waals surface area contributed by atoms with Gasteiger partial charge in [0.2, 0.25) is 0 Å². The van der Waals surface area contributed by atoms with Crippen LogP contribution in [0.4, 0.5) is 0 Å². The van der Waals surface area contributed by atoms with E-state index in [4.69, 9.17) is 23.2 Å². The fourth-order valence-corrected chi connectivity index (χ4v) is 2.38. The summed E-state index contributed by atoms with van der Waals surface area (Å²) in [5.74, 6) is 0. The van der Waals surface area contributed by atoms with Gasteiger partial charge in [-0.3, -0.25) is 4.21 Å². The molecule has 1 aromatic carbocycles. The first-order valence-electron chi connectivity index (χ1n) is 3.49. The van der Waals surface area contributed by atoms with Crippen LogP contribution in [-0.2, 0) is 11.1 Å². The Morgan fingerprint density at radius 1 is 1.36 bits per heavy atom. The minimum atomic E-state index is -2.34. The van der Waals surface area contributed by atoms with E-state index in [-0.39, 0.29) is 39.5 Å². The topological polar surface area (TPSA) is 40.1 Å². The number of halogens is 2. The van der Waals surface area contributed by atoms with Crippen molar-refractivity contribution in [1.29, 1.82) is 0 Å². The second-order valence-electron chi connectivity index (χ2n) is 2.68. The molecule has 0 amide bonds. The maximum atomic E-state index is 10.8. The SMILES string of the molecule is Cc1cc(Cl)c(C)c(S(=O)[O-])c1Cl.[Na+]. The largest absolute Gasteiger partial charge is 1.00 e. The zero-order chi connectivity index (χ0) is 10.2. The van der Waals surface area contributed by atoms with Crippen molar-refractivity contribution in [2.75, 3.05) is 0 Å². The van der Waals surface area contributed by atoms with Crippen molar-refractivity contribution in [2.45, 2.75) is 18.7 Å². The van der Waals surface area contributed by atoms with Gasteiger partial charge in [-0.15, -0.1) is 0 Å². The molecule has 0 spiro atoms. The molecule has 0 radical (unpaired) electrons. The van der Waals surface area contributed by atoms with Crippen LogP contribution in [0.5, 0.6) is 0 Å². The summed E-state index contributed by atoms with van der Waals surface area (Å²) in [6.45, 7) is 3.34. The first-order valence-corrected chi connectivity index (χ1v) is 5.32. The van der Waals surface area contributed by atoms with Crippen molar-refractivity contribution in [1.82, 2.24) is 0 Å². The van der Waals surface area contributed by atoms with Crippen LogP contribution >= 0.6 is 23.2 Å². The number of benzene rings is 1. The molecule has 0 fully saturated rings. The van der Waals surface area contributed by atoms with Gasteiger partial charge in [0.15, 0.2) is 0 Å². The summed E-state index contributed by atoms with van der Waals surface area (Å²) in [4.78, 5) is 0.0895. The molecule has 0 aromatic heterocycles. The predicted octanol–water partition coefficient (Wildman–Crippen LogP) is -0.148. The standard InChI is InChI=1S/C8H8Cl2O2S.Na/c1-4-3-6(9)5(2)8(7(4)10)13(11)12;/h3H,1-2H3,(H,11,12);/q;+1/p-1. The quantitative estimate of drug-likeness (QED) is 0.521. The monoisotopic (exact) mass is 260 g/mol. The minimum Gasteiger partial charge on any atom is -0.768 e. The van der Waals surface area contributed by atoms with Crippen molar-refractivity contribution in [2.24, 2.45) is 0 Å². The second kappa shape index (κ2) is 5.85. The van der Waals surface area contributed by atoms with Gasteiger partial charge in [0, 0.05) is 9.92 Å². The Labute approximate surface area is 118 Å².